The number of aryl methyl sites for hydroxylation is 1. The van der Waals surface area contributed by atoms with Gasteiger partial charge in [-0.2, -0.15) is 0 Å². The fourth-order valence-electron chi connectivity index (χ4n) is 1.05. The number of aliphatic hydroxyl groups excluding tert-OH is 1. The van der Waals surface area contributed by atoms with E-state index in [4.69, 9.17) is 5.11 Å². The van der Waals surface area contributed by atoms with Crippen molar-refractivity contribution in [2.75, 3.05) is 5.32 Å². The molecule has 0 bridgehead atoms. The van der Waals surface area contributed by atoms with Crippen LogP contribution in [-0.4, -0.2) is 16.3 Å². The van der Waals surface area contributed by atoms with E-state index in [9.17, 15) is 0 Å². The smallest absolute Gasteiger partial charge is 0.131 e. The molecular formula is C9H14N2O. The zero-order chi connectivity index (χ0) is 8.97. The van der Waals surface area contributed by atoms with Crippen molar-refractivity contribution in [3.05, 3.63) is 23.9 Å². The van der Waals surface area contributed by atoms with Crippen molar-refractivity contribution in [2.45, 2.75) is 26.5 Å². The number of rotatable bonds is 3. The molecule has 0 aliphatic rings. The number of aromatic nitrogens is 1. The fourth-order valence-corrected chi connectivity index (χ4v) is 1.05. The summed E-state index contributed by atoms with van der Waals surface area (Å²) in [6.07, 6.45) is 2.08. The molecule has 3 nitrogen and oxygen atoms in total. The molecule has 2 N–H and O–H groups in total. The number of anilines is 1. The van der Waals surface area contributed by atoms with Crippen LogP contribution in [0.4, 0.5) is 5.82 Å². The molecule has 0 saturated heterocycles. The van der Waals surface area contributed by atoms with Gasteiger partial charge in [-0.05, 0) is 25.0 Å². The summed E-state index contributed by atoms with van der Waals surface area (Å²) in [5, 5.41) is 11.9. The third-order valence-electron chi connectivity index (χ3n) is 1.62. The molecule has 0 aromatic carbocycles. The lowest BCUT2D eigenvalue weighted by Crippen LogP contribution is -2.15. The third-order valence-corrected chi connectivity index (χ3v) is 1.62. The highest BCUT2D eigenvalue weighted by molar-refractivity contribution is 5.43. The van der Waals surface area contributed by atoms with E-state index in [0.717, 1.165) is 17.8 Å². The van der Waals surface area contributed by atoms with E-state index in [1.54, 1.807) is 13.1 Å². The molecule has 0 spiro atoms. The van der Waals surface area contributed by atoms with Crippen molar-refractivity contribution < 1.29 is 5.11 Å². The lowest BCUT2D eigenvalue weighted by Gasteiger charge is -2.10. The lowest BCUT2D eigenvalue weighted by molar-refractivity contribution is 0.224. The highest BCUT2D eigenvalue weighted by Gasteiger charge is 2.01. The first-order valence-electron chi connectivity index (χ1n) is 4.12. The van der Waals surface area contributed by atoms with E-state index in [1.807, 2.05) is 12.1 Å². The van der Waals surface area contributed by atoms with Gasteiger partial charge in [0.1, 0.15) is 12.0 Å². The Bertz CT molecular complexity index is 248. The first-order valence-corrected chi connectivity index (χ1v) is 4.12. The second-order valence-electron chi connectivity index (χ2n) is 2.68. The van der Waals surface area contributed by atoms with Gasteiger partial charge < -0.3 is 10.4 Å². The molecule has 0 fully saturated rings. The summed E-state index contributed by atoms with van der Waals surface area (Å²) in [6.45, 7) is 3.73. The van der Waals surface area contributed by atoms with Crippen LogP contribution >= 0.6 is 0 Å². The standard InChI is InChI=1S/C9H14N2O/c1-3-8-5-4-6-10-9(8)11-7(2)12/h4-7,12H,3H2,1-2H3,(H,10,11). The molecule has 1 rings (SSSR count). The van der Waals surface area contributed by atoms with Gasteiger partial charge in [0.15, 0.2) is 0 Å². The van der Waals surface area contributed by atoms with Crippen molar-refractivity contribution in [1.29, 1.82) is 0 Å². The normalized spacial score (nSPS) is 12.6. The summed E-state index contributed by atoms with van der Waals surface area (Å²) in [5.74, 6) is 0.773. The van der Waals surface area contributed by atoms with E-state index in [-0.39, 0.29) is 0 Å². The Morgan fingerprint density at radius 1 is 1.67 bits per heavy atom. The number of hydrogen-bond donors (Lipinski definition) is 2. The van der Waals surface area contributed by atoms with Crippen LogP contribution in [0, 0.1) is 0 Å². The highest BCUT2D eigenvalue weighted by atomic mass is 16.3. The monoisotopic (exact) mass is 166 g/mol. The predicted molar refractivity (Wildman–Crippen MR) is 48.9 cm³/mol. The maximum Gasteiger partial charge on any atom is 0.131 e. The molecule has 12 heavy (non-hydrogen) atoms. The van der Waals surface area contributed by atoms with E-state index in [2.05, 4.69) is 17.2 Å². The zero-order valence-electron chi connectivity index (χ0n) is 7.41. The molecule has 0 aliphatic carbocycles. The molecule has 1 atom stereocenters. The van der Waals surface area contributed by atoms with Crippen LogP contribution in [-0.2, 0) is 6.42 Å². The predicted octanol–water partition coefficient (Wildman–Crippen LogP) is 1.39. The number of nitrogens with zero attached hydrogens (tertiary/aromatic N) is 1. The second kappa shape index (κ2) is 4.07. The van der Waals surface area contributed by atoms with Gasteiger partial charge >= 0.3 is 0 Å². The molecule has 0 aliphatic heterocycles. The Balaban J connectivity index is 2.82. The van der Waals surface area contributed by atoms with Crippen molar-refractivity contribution in [2.24, 2.45) is 0 Å². The van der Waals surface area contributed by atoms with E-state index < -0.39 is 6.23 Å². The Morgan fingerprint density at radius 2 is 2.42 bits per heavy atom. The number of pyridine rings is 1. The van der Waals surface area contributed by atoms with Crippen molar-refractivity contribution >= 4 is 5.82 Å². The van der Waals surface area contributed by atoms with Crippen LogP contribution in [0.1, 0.15) is 19.4 Å². The van der Waals surface area contributed by atoms with E-state index >= 15 is 0 Å². The molecular weight excluding hydrogens is 152 g/mol. The van der Waals surface area contributed by atoms with Crippen LogP contribution in [0.3, 0.4) is 0 Å². The topological polar surface area (TPSA) is 45.2 Å². The van der Waals surface area contributed by atoms with Crippen molar-refractivity contribution in [3.63, 3.8) is 0 Å². The molecule has 3 heteroatoms. The Kier molecular flexibility index (Phi) is 3.05. The van der Waals surface area contributed by atoms with Crippen LogP contribution in [0.25, 0.3) is 0 Å². The molecule has 1 unspecified atom stereocenters. The van der Waals surface area contributed by atoms with Gasteiger partial charge in [-0.1, -0.05) is 13.0 Å². The molecule has 1 aromatic rings. The van der Waals surface area contributed by atoms with Gasteiger partial charge in [-0.3, -0.25) is 0 Å². The van der Waals surface area contributed by atoms with E-state index in [1.165, 1.54) is 0 Å². The minimum Gasteiger partial charge on any atom is -0.374 e. The molecule has 1 heterocycles. The quantitative estimate of drug-likeness (QED) is 0.667. The maximum atomic E-state index is 9.07. The van der Waals surface area contributed by atoms with Crippen LogP contribution in [0.5, 0.6) is 0 Å². The minimum atomic E-state index is -0.551. The van der Waals surface area contributed by atoms with Gasteiger partial charge in [0.2, 0.25) is 0 Å². The van der Waals surface area contributed by atoms with Gasteiger partial charge in [0, 0.05) is 6.20 Å². The average Bonchev–Trinajstić information content (AvgIpc) is 2.04. The number of hydrogen-bond acceptors (Lipinski definition) is 3. The first-order chi connectivity index (χ1) is 5.74. The zero-order valence-corrected chi connectivity index (χ0v) is 7.41. The molecule has 66 valence electrons. The van der Waals surface area contributed by atoms with Crippen molar-refractivity contribution in [1.82, 2.24) is 4.98 Å². The van der Waals surface area contributed by atoms with Gasteiger partial charge in [0.25, 0.3) is 0 Å². The summed E-state index contributed by atoms with van der Waals surface area (Å²) in [7, 11) is 0. The molecule has 1 aromatic heterocycles. The second-order valence-corrected chi connectivity index (χ2v) is 2.68. The Morgan fingerprint density at radius 3 is 3.00 bits per heavy atom. The average molecular weight is 166 g/mol. The van der Waals surface area contributed by atoms with Crippen LogP contribution < -0.4 is 5.32 Å². The number of nitrogens with one attached hydrogen (secondary N) is 1. The maximum absolute atomic E-state index is 9.07. The van der Waals surface area contributed by atoms with Gasteiger partial charge in [-0.25, -0.2) is 4.98 Å². The first kappa shape index (κ1) is 9.00. The fraction of sp³-hybridized carbons (Fsp3) is 0.444. The number of aliphatic hydroxyl groups is 1. The summed E-state index contributed by atoms with van der Waals surface area (Å²) < 4.78 is 0. The van der Waals surface area contributed by atoms with Crippen LogP contribution in [0.2, 0.25) is 0 Å². The largest absolute Gasteiger partial charge is 0.374 e. The summed E-state index contributed by atoms with van der Waals surface area (Å²) in [4.78, 5) is 4.12. The van der Waals surface area contributed by atoms with Crippen LogP contribution in [0.15, 0.2) is 18.3 Å². The highest BCUT2D eigenvalue weighted by Crippen LogP contribution is 2.11. The minimum absolute atomic E-state index is 0.551. The van der Waals surface area contributed by atoms with E-state index in [0.29, 0.717) is 0 Å². The third kappa shape index (κ3) is 2.20. The van der Waals surface area contributed by atoms with Gasteiger partial charge in [0.05, 0.1) is 0 Å². The molecule has 0 amide bonds. The summed E-state index contributed by atoms with van der Waals surface area (Å²) in [5.41, 5.74) is 1.12. The molecule has 0 saturated carbocycles. The lowest BCUT2D eigenvalue weighted by atomic mass is 10.2. The SMILES string of the molecule is CCc1cccnc1NC(C)O. The Hall–Kier alpha value is -1.09. The van der Waals surface area contributed by atoms with Gasteiger partial charge in [-0.15, -0.1) is 0 Å². The molecule has 0 radical (unpaired) electrons. The summed E-state index contributed by atoms with van der Waals surface area (Å²) >= 11 is 0. The Labute approximate surface area is 72.5 Å². The van der Waals surface area contributed by atoms with Crippen molar-refractivity contribution in [3.8, 4) is 0 Å². The summed E-state index contributed by atoms with van der Waals surface area (Å²) in [6, 6.07) is 3.89.